The minimum absolute atomic E-state index is 0.109. The van der Waals surface area contributed by atoms with E-state index >= 15 is 0 Å². The van der Waals surface area contributed by atoms with E-state index in [0.717, 1.165) is 33.4 Å². The lowest BCUT2D eigenvalue weighted by Crippen LogP contribution is -2.50. The van der Waals surface area contributed by atoms with E-state index in [1.165, 1.54) is 0 Å². The van der Waals surface area contributed by atoms with Gasteiger partial charge in [-0.05, 0) is 75.5 Å². The number of thiocarbonyl (C=S) groups is 1. The van der Waals surface area contributed by atoms with Gasteiger partial charge >= 0.3 is 0 Å². The summed E-state index contributed by atoms with van der Waals surface area (Å²) in [6.07, 6.45) is 4.46. The van der Waals surface area contributed by atoms with Crippen LogP contribution in [-0.4, -0.2) is 38.1 Å². The molecule has 3 aromatic carbocycles. The van der Waals surface area contributed by atoms with E-state index < -0.39 is 0 Å². The van der Waals surface area contributed by atoms with Crippen LogP contribution in [0.3, 0.4) is 0 Å². The third kappa shape index (κ3) is 9.05. The van der Waals surface area contributed by atoms with Gasteiger partial charge in [0.15, 0.2) is 5.11 Å². The van der Waals surface area contributed by atoms with Crippen molar-refractivity contribution >= 4 is 68.1 Å². The third-order valence-corrected chi connectivity index (χ3v) is 9.38. The van der Waals surface area contributed by atoms with Gasteiger partial charge in [-0.2, -0.15) is 5.26 Å². The number of rotatable bonds is 12. The molecule has 0 saturated heterocycles. The maximum absolute atomic E-state index is 13.5. The number of carbonyl (C=O) groups is 1. The molecule has 228 valence electrons. The van der Waals surface area contributed by atoms with Gasteiger partial charge in [-0.15, -0.1) is 0 Å². The largest absolute Gasteiger partial charge is 0.351 e. The molecule has 0 saturated carbocycles. The smallest absolute Gasteiger partial charge is 0.226 e. The maximum atomic E-state index is 13.5. The molecule has 0 aliphatic heterocycles. The van der Waals surface area contributed by atoms with E-state index in [4.69, 9.17) is 40.7 Å². The molecule has 1 aromatic heterocycles. The molecule has 0 fully saturated rings. The molecule has 1 amide bonds. The van der Waals surface area contributed by atoms with Gasteiger partial charge in [0.2, 0.25) is 5.91 Å². The molecule has 0 radical (unpaired) electrons. The van der Waals surface area contributed by atoms with Crippen molar-refractivity contribution < 1.29 is 4.79 Å². The second-order valence-corrected chi connectivity index (χ2v) is 12.6. The number of imidazole rings is 1. The number of hydrogen-bond donors (Lipinski definition) is 2. The minimum atomic E-state index is -0.209. The Labute approximate surface area is 282 Å². The van der Waals surface area contributed by atoms with E-state index in [-0.39, 0.29) is 24.3 Å². The summed E-state index contributed by atoms with van der Waals surface area (Å²) in [5.74, 6) is 0.0494. The van der Waals surface area contributed by atoms with Crippen molar-refractivity contribution in [3.63, 3.8) is 0 Å². The molecule has 0 spiro atoms. The van der Waals surface area contributed by atoms with E-state index in [9.17, 15) is 4.79 Å². The minimum Gasteiger partial charge on any atom is -0.351 e. The fourth-order valence-electron chi connectivity index (χ4n) is 4.68. The Bertz CT molecular complexity index is 1640. The summed E-state index contributed by atoms with van der Waals surface area (Å²) in [5.41, 5.74) is 4.08. The average Bonchev–Trinajstić information content (AvgIpc) is 3.45. The Balaban J connectivity index is 1.52. The molecule has 2 atom stereocenters. The number of hydrogen-bond acceptors (Lipinski definition) is 4. The molecule has 0 aliphatic carbocycles. The molecule has 0 unspecified atom stereocenters. The van der Waals surface area contributed by atoms with Crippen LogP contribution in [0.5, 0.6) is 0 Å². The fourth-order valence-corrected chi connectivity index (χ4v) is 5.70. The molecule has 7 nitrogen and oxygen atoms in total. The van der Waals surface area contributed by atoms with Crippen molar-refractivity contribution in [2.24, 2.45) is 5.92 Å². The molecular formula is C33H33BrCl2N6OS. The number of amides is 1. The van der Waals surface area contributed by atoms with Gasteiger partial charge in [0.25, 0.3) is 0 Å². The van der Waals surface area contributed by atoms with Crippen LogP contribution in [0.4, 0.5) is 5.69 Å². The quantitative estimate of drug-likeness (QED) is 0.146. The van der Waals surface area contributed by atoms with E-state index in [2.05, 4.69) is 51.5 Å². The van der Waals surface area contributed by atoms with Crippen molar-refractivity contribution in [3.05, 3.63) is 116 Å². The van der Waals surface area contributed by atoms with E-state index in [1.807, 2.05) is 58.0 Å². The van der Waals surface area contributed by atoms with Crippen LogP contribution in [0.2, 0.25) is 10.0 Å². The van der Waals surface area contributed by atoms with E-state index in [1.54, 1.807) is 30.7 Å². The van der Waals surface area contributed by atoms with Crippen molar-refractivity contribution in [2.45, 2.75) is 45.8 Å². The predicted molar refractivity (Wildman–Crippen MR) is 185 cm³/mol. The first-order valence-corrected chi connectivity index (χ1v) is 16.1. The summed E-state index contributed by atoms with van der Waals surface area (Å²) in [7, 11) is 0. The SMILES string of the molecule is CC[C@H](C)[C@@H](CN(Cc1cccc(Cl)c1Cl)C(=S)Nc1ccccc1Br)NC(=O)Cc1cncn1Cc1ccc(C#N)cc1. The average molecular weight is 713 g/mol. The van der Waals surface area contributed by atoms with Crippen LogP contribution >= 0.6 is 51.3 Å². The Kier molecular flexibility index (Phi) is 12.2. The molecule has 4 aromatic rings. The molecule has 2 N–H and O–H groups in total. The second kappa shape index (κ2) is 16.1. The van der Waals surface area contributed by atoms with Gasteiger partial charge in [0.1, 0.15) is 0 Å². The van der Waals surface area contributed by atoms with Gasteiger partial charge in [0.05, 0.1) is 40.1 Å². The first-order valence-electron chi connectivity index (χ1n) is 14.2. The maximum Gasteiger partial charge on any atom is 0.226 e. The highest BCUT2D eigenvalue weighted by Gasteiger charge is 2.25. The first-order chi connectivity index (χ1) is 21.2. The van der Waals surface area contributed by atoms with Crippen molar-refractivity contribution in [3.8, 4) is 6.07 Å². The Hall–Kier alpha value is -3.42. The summed E-state index contributed by atoms with van der Waals surface area (Å²) in [4.78, 5) is 19.8. The van der Waals surface area contributed by atoms with Gasteiger partial charge in [-0.1, -0.05) is 79.9 Å². The number of nitrogens with one attached hydrogen (secondary N) is 2. The van der Waals surface area contributed by atoms with Crippen molar-refractivity contribution in [1.29, 1.82) is 5.26 Å². The fraction of sp³-hybridized carbons (Fsp3) is 0.273. The highest BCUT2D eigenvalue weighted by molar-refractivity contribution is 9.10. The summed E-state index contributed by atoms with van der Waals surface area (Å²) in [6, 6.07) is 22.6. The highest BCUT2D eigenvalue weighted by Crippen LogP contribution is 2.28. The summed E-state index contributed by atoms with van der Waals surface area (Å²) in [6.45, 7) is 5.62. The van der Waals surface area contributed by atoms with Crippen molar-refractivity contribution in [2.75, 3.05) is 11.9 Å². The standard InChI is InChI=1S/C33H33BrCl2N6OS/c1-3-22(2)30(39-31(43)15-26-17-38-21-42(26)18-24-13-11-23(16-37)12-14-24)20-41(19-25-7-6-9-28(35)32(25)36)33(44)40-29-10-5-4-8-27(29)34/h4-14,17,21-22,30H,3,15,18-20H2,1-2H3,(H,39,43)(H,40,44)/t22-,30+/m0/s1. The topological polar surface area (TPSA) is 86.0 Å². The van der Waals surface area contributed by atoms with Crippen LogP contribution in [0.1, 0.15) is 42.7 Å². The summed E-state index contributed by atoms with van der Waals surface area (Å²) in [5, 5.41) is 17.1. The predicted octanol–water partition coefficient (Wildman–Crippen LogP) is 7.84. The molecule has 44 heavy (non-hydrogen) atoms. The summed E-state index contributed by atoms with van der Waals surface area (Å²) >= 11 is 22.4. The number of nitrogens with zero attached hydrogens (tertiary/aromatic N) is 4. The van der Waals surface area contributed by atoms with Crippen LogP contribution < -0.4 is 10.6 Å². The lowest BCUT2D eigenvalue weighted by Gasteiger charge is -2.33. The first kappa shape index (κ1) is 33.5. The summed E-state index contributed by atoms with van der Waals surface area (Å²) < 4.78 is 2.83. The van der Waals surface area contributed by atoms with E-state index in [0.29, 0.717) is 40.4 Å². The van der Waals surface area contributed by atoms with Gasteiger partial charge in [-0.3, -0.25) is 4.79 Å². The zero-order valence-corrected chi connectivity index (χ0v) is 28.3. The van der Waals surface area contributed by atoms with Gasteiger partial charge in [0, 0.05) is 42.0 Å². The normalized spacial score (nSPS) is 12.2. The molecule has 11 heteroatoms. The number of nitriles is 1. The third-order valence-electron chi connectivity index (χ3n) is 7.47. The van der Waals surface area contributed by atoms with Crippen molar-refractivity contribution in [1.82, 2.24) is 19.8 Å². The van der Waals surface area contributed by atoms with Crippen LogP contribution in [0, 0.1) is 17.2 Å². The Morgan fingerprint density at radius 1 is 1.14 bits per heavy atom. The number of benzene rings is 3. The van der Waals surface area contributed by atoms with Crippen LogP contribution in [0.15, 0.2) is 83.7 Å². The highest BCUT2D eigenvalue weighted by atomic mass is 79.9. The Morgan fingerprint density at radius 2 is 1.89 bits per heavy atom. The Morgan fingerprint density at radius 3 is 2.59 bits per heavy atom. The van der Waals surface area contributed by atoms with Crippen LogP contribution in [-0.2, 0) is 24.3 Å². The molecule has 1 heterocycles. The molecule has 4 rings (SSSR count). The molecule has 0 bridgehead atoms. The lowest BCUT2D eigenvalue weighted by atomic mass is 9.98. The number of aromatic nitrogens is 2. The van der Waals surface area contributed by atoms with Gasteiger partial charge < -0.3 is 20.1 Å². The molecule has 0 aliphatic rings. The number of carbonyl (C=O) groups excluding carboxylic acids is 1. The molecular weight excluding hydrogens is 679 g/mol. The number of anilines is 1. The number of halogens is 3. The monoisotopic (exact) mass is 710 g/mol. The second-order valence-electron chi connectivity index (χ2n) is 10.6. The number of para-hydroxylation sites is 1. The van der Waals surface area contributed by atoms with Crippen LogP contribution in [0.25, 0.3) is 0 Å². The zero-order chi connectivity index (χ0) is 31.6. The lowest BCUT2D eigenvalue weighted by molar-refractivity contribution is -0.121. The van der Waals surface area contributed by atoms with Gasteiger partial charge in [-0.25, -0.2) is 4.98 Å². The zero-order valence-electron chi connectivity index (χ0n) is 24.4.